The number of halogens is 2. The molecule has 2 N–H and O–H groups in total. The SMILES string of the molecule is CC(Nc1ccc(Br)cc1)(C(=O)O)c1ccc(F)cn1. The Hall–Kier alpha value is -1.95. The Kier molecular flexibility index (Phi) is 4.04. The number of nitrogens with one attached hydrogen (secondary N) is 1. The van der Waals surface area contributed by atoms with Gasteiger partial charge in [-0.05, 0) is 43.3 Å². The zero-order valence-electron chi connectivity index (χ0n) is 10.6. The number of carboxylic acids is 1. The Bertz CT molecular complexity index is 616. The average molecular weight is 339 g/mol. The highest BCUT2D eigenvalue weighted by Gasteiger charge is 2.36. The van der Waals surface area contributed by atoms with Crippen LogP contribution in [0.25, 0.3) is 0 Å². The van der Waals surface area contributed by atoms with Gasteiger partial charge >= 0.3 is 5.97 Å². The molecule has 1 atom stereocenters. The van der Waals surface area contributed by atoms with Crippen molar-refractivity contribution < 1.29 is 14.3 Å². The lowest BCUT2D eigenvalue weighted by molar-refractivity contribution is -0.142. The van der Waals surface area contributed by atoms with E-state index >= 15 is 0 Å². The molecule has 1 unspecified atom stereocenters. The van der Waals surface area contributed by atoms with E-state index in [2.05, 4.69) is 26.2 Å². The summed E-state index contributed by atoms with van der Waals surface area (Å²) in [6.45, 7) is 1.48. The monoisotopic (exact) mass is 338 g/mol. The molecule has 20 heavy (non-hydrogen) atoms. The van der Waals surface area contributed by atoms with E-state index in [4.69, 9.17) is 0 Å². The molecule has 1 heterocycles. The van der Waals surface area contributed by atoms with Crippen LogP contribution in [0, 0.1) is 5.82 Å². The summed E-state index contributed by atoms with van der Waals surface area (Å²) in [7, 11) is 0. The standard InChI is InChI=1S/C14H12BrFN2O2/c1-14(13(19)20,12-7-4-10(16)8-17-12)18-11-5-2-9(15)3-6-11/h2-8,18H,1H3,(H,19,20). The summed E-state index contributed by atoms with van der Waals surface area (Å²) >= 11 is 3.31. The zero-order valence-corrected chi connectivity index (χ0v) is 12.2. The van der Waals surface area contributed by atoms with Crippen LogP contribution in [0.3, 0.4) is 0 Å². The summed E-state index contributed by atoms with van der Waals surface area (Å²) in [6, 6.07) is 9.62. The van der Waals surface area contributed by atoms with Gasteiger partial charge in [-0.2, -0.15) is 0 Å². The van der Waals surface area contributed by atoms with E-state index in [1.807, 2.05) is 0 Å². The zero-order chi connectivity index (χ0) is 14.8. The van der Waals surface area contributed by atoms with Crippen LogP contribution in [0.1, 0.15) is 12.6 Å². The molecule has 0 saturated heterocycles. The third kappa shape index (κ3) is 2.96. The molecule has 0 aliphatic carbocycles. The second-order valence-electron chi connectivity index (χ2n) is 4.42. The Balaban J connectivity index is 2.37. The lowest BCUT2D eigenvalue weighted by atomic mass is 9.96. The molecule has 2 rings (SSSR count). The summed E-state index contributed by atoms with van der Waals surface area (Å²) in [5.74, 6) is -1.61. The summed E-state index contributed by atoms with van der Waals surface area (Å²) in [5, 5.41) is 12.4. The summed E-state index contributed by atoms with van der Waals surface area (Å²) in [5.41, 5.74) is -0.583. The van der Waals surface area contributed by atoms with Crippen molar-refractivity contribution in [3.8, 4) is 0 Å². The van der Waals surface area contributed by atoms with E-state index in [0.717, 1.165) is 10.7 Å². The fraction of sp³-hybridized carbons (Fsp3) is 0.143. The fourth-order valence-electron chi connectivity index (χ4n) is 1.72. The van der Waals surface area contributed by atoms with Gasteiger partial charge in [-0.15, -0.1) is 0 Å². The third-order valence-electron chi connectivity index (χ3n) is 2.91. The van der Waals surface area contributed by atoms with Crippen LogP contribution in [0.4, 0.5) is 10.1 Å². The van der Waals surface area contributed by atoms with Gasteiger partial charge in [0, 0.05) is 10.2 Å². The van der Waals surface area contributed by atoms with E-state index in [-0.39, 0.29) is 5.69 Å². The first-order chi connectivity index (χ1) is 9.41. The van der Waals surface area contributed by atoms with E-state index in [1.54, 1.807) is 24.3 Å². The van der Waals surface area contributed by atoms with Crippen molar-refractivity contribution in [2.45, 2.75) is 12.5 Å². The number of benzene rings is 1. The maximum atomic E-state index is 12.9. The molecular weight excluding hydrogens is 327 g/mol. The van der Waals surface area contributed by atoms with E-state index < -0.39 is 17.3 Å². The van der Waals surface area contributed by atoms with Crippen molar-refractivity contribution in [1.82, 2.24) is 4.98 Å². The molecule has 1 aromatic heterocycles. The molecule has 6 heteroatoms. The highest BCUT2D eigenvalue weighted by molar-refractivity contribution is 9.10. The second kappa shape index (κ2) is 5.58. The van der Waals surface area contributed by atoms with Crippen molar-refractivity contribution in [2.75, 3.05) is 5.32 Å². The Morgan fingerprint density at radius 2 is 1.95 bits per heavy atom. The van der Waals surface area contributed by atoms with Crippen LogP contribution in [0.5, 0.6) is 0 Å². The lowest BCUT2D eigenvalue weighted by Gasteiger charge is -2.26. The number of pyridine rings is 1. The number of rotatable bonds is 4. The van der Waals surface area contributed by atoms with Crippen molar-refractivity contribution in [2.24, 2.45) is 0 Å². The number of carboxylic acid groups (broad SMARTS) is 1. The maximum Gasteiger partial charge on any atom is 0.335 e. The first kappa shape index (κ1) is 14.5. The average Bonchev–Trinajstić information content (AvgIpc) is 2.42. The van der Waals surface area contributed by atoms with Crippen LogP contribution >= 0.6 is 15.9 Å². The predicted molar refractivity (Wildman–Crippen MR) is 76.9 cm³/mol. The topological polar surface area (TPSA) is 62.2 Å². The van der Waals surface area contributed by atoms with E-state index in [0.29, 0.717) is 5.69 Å². The number of carbonyl (C=O) groups is 1. The molecule has 0 fully saturated rings. The molecule has 0 amide bonds. The Morgan fingerprint density at radius 3 is 2.45 bits per heavy atom. The molecule has 1 aromatic carbocycles. The smallest absolute Gasteiger partial charge is 0.335 e. The summed E-state index contributed by atoms with van der Waals surface area (Å²) in [6.07, 6.45) is 1.000. The van der Waals surface area contributed by atoms with Gasteiger partial charge in [-0.1, -0.05) is 15.9 Å². The molecule has 0 radical (unpaired) electrons. The number of aromatic nitrogens is 1. The molecule has 0 aliphatic heterocycles. The highest BCUT2D eigenvalue weighted by atomic mass is 79.9. The third-order valence-corrected chi connectivity index (χ3v) is 3.43. The largest absolute Gasteiger partial charge is 0.479 e. The number of aliphatic carboxylic acids is 1. The van der Waals surface area contributed by atoms with Gasteiger partial charge in [0.2, 0.25) is 0 Å². The minimum atomic E-state index is -1.44. The van der Waals surface area contributed by atoms with Gasteiger partial charge in [0.05, 0.1) is 11.9 Å². The van der Waals surface area contributed by atoms with Crippen molar-refractivity contribution in [3.63, 3.8) is 0 Å². The first-order valence-electron chi connectivity index (χ1n) is 5.81. The molecule has 2 aromatic rings. The van der Waals surface area contributed by atoms with Gasteiger partial charge in [-0.25, -0.2) is 9.18 Å². The number of hydrogen-bond acceptors (Lipinski definition) is 3. The molecular formula is C14H12BrFN2O2. The molecule has 0 bridgehead atoms. The van der Waals surface area contributed by atoms with Gasteiger partial charge < -0.3 is 10.4 Å². The minimum absolute atomic E-state index is 0.231. The quantitative estimate of drug-likeness (QED) is 0.896. The van der Waals surface area contributed by atoms with E-state index in [1.165, 1.54) is 19.1 Å². The van der Waals surface area contributed by atoms with Crippen LogP contribution in [0.15, 0.2) is 47.1 Å². The van der Waals surface area contributed by atoms with Crippen LogP contribution in [-0.4, -0.2) is 16.1 Å². The van der Waals surface area contributed by atoms with Crippen molar-refractivity contribution in [3.05, 3.63) is 58.6 Å². The van der Waals surface area contributed by atoms with Gasteiger partial charge in [-0.3, -0.25) is 4.98 Å². The van der Waals surface area contributed by atoms with Gasteiger partial charge in [0.15, 0.2) is 5.54 Å². The van der Waals surface area contributed by atoms with Gasteiger partial charge in [0.25, 0.3) is 0 Å². The molecule has 0 aliphatic rings. The second-order valence-corrected chi connectivity index (χ2v) is 5.34. The molecule has 0 saturated carbocycles. The summed E-state index contributed by atoms with van der Waals surface area (Å²) in [4.78, 5) is 15.4. The Labute approximate surface area is 123 Å². The maximum absolute atomic E-state index is 12.9. The highest BCUT2D eigenvalue weighted by Crippen LogP contribution is 2.26. The first-order valence-corrected chi connectivity index (χ1v) is 6.60. The normalized spacial score (nSPS) is 13.6. The number of nitrogens with zero attached hydrogens (tertiary/aromatic N) is 1. The Morgan fingerprint density at radius 1 is 1.30 bits per heavy atom. The predicted octanol–water partition coefficient (Wildman–Crippen LogP) is 3.40. The lowest BCUT2D eigenvalue weighted by Crippen LogP contribution is -2.41. The number of anilines is 1. The number of hydrogen-bond donors (Lipinski definition) is 2. The molecule has 4 nitrogen and oxygen atoms in total. The van der Waals surface area contributed by atoms with Crippen molar-refractivity contribution >= 4 is 27.6 Å². The van der Waals surface area contributed by atoms with E-state index in [9.17, 15) is 14.3 Å². The van der Waals surface area contributed by atoms with Crippen molar-refractivity contribution in [1.29, 1.82) is 0 Å². The van der Waals surface area contributed by atoms with Gasteiger partial charge in [0.1, 0.15) is 5.82 Å². The summed E-state index contributed by atoms with van der Waals surface area (Å²) < 4.78 is 13.8. The van der Waals surface area contributed by atoms with Crippen LogP contribution in [-0.2, 0) is 10.3 Å². The van der Waals surface area contributed by atoms with Crippen LogP contribution in [0.2, 0.25) is 0 Å². The van der Waals surface area contributed by atoms with Crippen LogP contribution < -0.4 is 5.32 Å². The fourth-order valence-corrected chi connectivity index (χ4v) is 1.98. The molecule has 104 valence electrons. The molecule has 0 spiro atoms. The minimum Gasteiger partial charge on any atom is -0.479 e.